The van der Waals surface area contributed by atoms with E-state index in [1.807, 2.05) is 0 Å². The van der Waals surface area contributed by atoms with Gasteiger partial charge in [-0.2, -0.15) is 0 Å². The molecule has 0 aliphatic carbocycles. The zero-order valence-corrected chi connectivity index (χ0v) is 7.17. The molecule has 1 aliphatic rings. The maximum atomic E-state index is 11.4. The average Bonchev–Trinajstić information content (AvgIpc) is 2.55. The Morgan fingerprint density at radius 2 is 2.50 bits per heavy atom. The first-order valence-electron chi connectivity index (χ1n) is 4.09. The molecule has 0 aromatic heterocycles. The van der Waals surface area contributed by atoms with E-state index in [4.69, 9.17) is 0 Å². The molecular formula is C8H13N2O2. The molecule has 1 N–H and O–H groups in total. The largest absolute Gasteiger partial charge is 0.337 e. The van der Waals surface area contributed by atoms with Crippen LogP contribution in [-0.2, 0) is 9.59 Å². The zero-order chi connectivity index (χ0) is 8.97. The minimum absolute atomic E-state index is 0.00384. The van der Waals surface area contributed by atoms with Gasteiger partial charge in [0.1, 0.15) is 0 Å². The van der Waals surface area contributed by atoms with Crippen LogP contribution in [0.1, 0.15) is 12.8 Å². The summed E-state index contributed by atoms with van der Waals surface area (Å²) in [5, 5.41) is 3.07. The molecule has 0 aromatic rings. The lowest BCUT2D eigenvalue weighted by Crippen LogP contribution is -2.42. The van der Waals surface area contributed by atoms with Gasteiger partial charge in [-0.15, -0.1) is 0 Å². The highest BCUT2D eigenvalue weighted by Crippen LogP contribution is 2.06. The third kappa shape index (κ3) is 2.04. The van der Waals surface area contributed by atoms with Gasteiger partial charge in [-0.25, -0.2) is 0 Å². The highest BCUT2D eigenvalue weighted by atomic mass is 16.2. The van der Waals surface area contributed by atoms with Gasteiger partial charge in [0.15, 0.2) is 0 Å². The van der Waals surface area contributed by atoms with Crippen molar-refractivity contribution < 1.29 is 9.59 Å². The van der Waals surface area contributed by atoms with Crippen LogP contribution < -0.4 is 5.32 Å². The molecule has 12 heavy (non-hydrogen) atoms. The van der Waals surface area contributed by atoms with E-state index >= 15 is 0 Å². The van der Waals surface area contributed by atoms with Crippen LogP contribution in [0.25, 0.3) is 0 Å². The Hall–Kier alpha value is -0.900. The molecule has 4 nitrogen and oxygen atoms in total. The lowest BCUT2D eigenvalue weighted by atomic mass is 10.2. The normalized spacial score (nSPS) is 22.2. The van der Waals surface area contributed by atoms with Gasteiger partial charge in [-0.05, 0) is 19.4 Å². The summed E-state index contributed by atoms with van der Waals surface area (Å²) < 4.78 is 0. The lowest BCUT2D eigenvalue weighted by Gasteiger charge is -2.17. The fourth-order valence-corrected chi connectivity index (χ4v) is 1.34. The molecule has 67 valence electrons. The van der Waals surface area contributed by atoms with Crippen molar-refractivity contribution in [3.05, 3.63) is 0 Å². The predicted molar refractivity (Wildman–Crippen MR) is 44.4 cm³/mol. The average molecular weight is 169 g/mol. The van der Waals surface area contributed by atoms with Crippen molar-refractivity contribution in [2.24, 2.45) is 0 Å². The molecule has 0 bridgehead atoms. The summed E-state index contributed by atoms with van der Waals surface area (Å²) in [5.74, 6) is -0.00384. The molecular weight excluding hydrogens is 156 g/mol. The molecule has 0 spiro atoms. The van der Waals surface area contributed by atoms with Gasteiger partial charge in [-0.3, -0.25) is 9.59 Å². The van der Waals surface area contributed by atoms with Crippen LogP contribution in [0.2, 0.25) is 0 Å². The zero-order valence-electron chi connectivity index (χ0n) is 7.17. The second kappa shape index (κ2) is 4.21. The predicted octanol–water partition coefficient (Wildman–Crippen LogP) is -0.693. The van der Waals surface area contributed by atoms with E-state index in [0.717, 1.165) is 19.4 Å². The number of carbonyl (C=O) groups is 1. The SMILES string of the molecule is CN(C[C]=O)C(=O)[C@@H]1CCCN1. The Balaban J connectivity index is 2.39. The van der Waals surface area contributed by atoms with E-state index in [1.165, 1.54) is 4.90 Å². The van der Waals surface area contributed by atoms with Gasteiger partial charge in [-0.1, -0.05) is 0 Å². The number of amides is 1. The molecule has 4 heteroatoms. The Kier molecular flexibility index (Phi) is 3.22. The maximum absolute atomic E-state index is 11.4. The number of carbonyl (C=O) groups excluding carboxylic acids is 2. The van der Waals surface area contributed by atoms with Crippen molar-refractivity contribution in [3.8, 4) is 0 Å². The van der Waals surface area contributed by atoms with Crippen molar-refractivity contribution in [2.75, 3.05) is 20.1 Å². The number of nitrogens with zero attached hydrogens (tertiary/aromatic N) is 1. The first kappa shape index (κ1) is 9.19. The smallest absolute Gasteiger partial charge is 0.239 e. The van der Waals surface area contributed by atoms with Gasteiger partial charge in [0, 0.05) is 7.05 Å². The van der Waals surface area contributed by atoms with Crippen LogP contribution in [-0.4, -0.2) is 43.3 Å². The summed E-state index contributed by atoms with van der Waals surface area (Å²) in [4.78, 5) is 22.8. The minimum Gasteiger partial charge on any atom is -0.337 e. The molecule has 1 aliphatic heterocycles. The molecule has 1 saturated heterocycles. The van der Waals surface area contributed by atoms with Crippen LogP contribution in [0.3, 0.4) is 0 Å². The van der Waals surface area contributed by atoms with Crippen LogP contribution in [0.15, 0.2) is 0 Å². The van der Waals surface area contributed by atoms with E-state index in [9.17, 15) is 9.59 Å². The molecule has 1 fully saturated rings. The van der Waals surface area contributed by atoms with Gasteiger partial charge in [0.2, 0.25) is 12.2 Å². The van der Waals surface area contributed by atoms with Crippen LogP contribution in [0.4, 0.5) is 0 Å². The monoisotopic (exact) mass is 169 g/mol. The summed E-state index contributed by atoms with van der Waals surface area (Å²) in [6.07, 6.45) is 3.61. The minimum atomic E-state index is -0.0802. The van der Waals surface area contributed by atoms with E-state index < -0.39 is 0 Å². The lowest BCUT2D eigenvalue weighted by molar-refractivity contribution is -0.131. The van der Waals surface area contributed by atoms with Crippen molar-refractivity contribution >= 4 is 12.2 Å². The third-order valence-electron chi connectivity index (χ3n) is 2.04. The molecule has 1 radical (unpaired) electrons. The van der Waals surface area contributed by atoms with Gasteiger partial charge < -0.3 is 10.2 Å². The standard InChI is InChI=1S/C8H13N2O2/c1-10(5-6-11)8(12)7-3-2-4-9-7/h7,9H,2-5H2,1H3/t7-/m0/s1. The molecule has 0 saturated carbocycles. The van der Waals surface area contributed by atoms with Crippen LogP contribution >= 0.6 is 0 Å². The summed E-state index contributed by atoms with van der Waals surface area (Å²) >= 11 is 0. The highest BCUT2D eigenvalue weighted by molar-refractivity contribution is 5.83. The maximum Gasteiger partial charge on any atom is 0.239 e. The number of likely N-dealkylation sites (N-methyl/N-ethyl adjacent to an activating group) is 1. The molecule has 0 unspecified atom stereocenters. The van der Waals surface area contributed by atoms with Gasteiger partial charge in [0.25, 0.3) is 0 Å². The van der Waals surface area contributed by atoms with E-state index in [1.54, 1.807) is 13.3 Å². The number of nitrogens with one attached hydrogen (secondary N) is 1. The van der Waals surface area contributed by atoms with Crippen LogP contribution in [0.5, 0.6) is 0 Å². The first-order valence-corrected chi connectivity index (χ1v) is 4.09. The summed E-state index contributed by atoms with van der Waals surface area (Å²) in [6.45, 7) is 0.964. The van der Waals surface area contributed by atoms with Gasteiger partial charge in [0.05, 0.1) is 12.6 Å². The second-order valence-corrected chi connectivity index (χ2v) is 2.99. The fraction of sp³-hybridized carbons (Fsp3) is 0.750. The topological polar surface area (TPSA) is 49.4 Å². The summed E-state index contributed by atoms with van der Waals surface area (Å²) in [5.41, 5.74) is 0. The van der Waals surface area contributed by atoms with Crippen molar-refractivity contribution in [1.29, 1.82) is 0 Å². The third-order valence-corrected chi connectivity index (χ3v) is 2.04. The van der Waals surface area contributed by atoms with Crippen molar-refractivity contribution in [2.45, 2.75) is 18.9 Å². The number of hydrogen-bond acceptors (Lipinski definition) is 3. The Labute approximate surface area is 71.9 Å². The van der Waals surface area contributed by atoms with Crippen molar-refractivity contribution in [1.82, 2.24) is 10.2 Å². The molecule has 1 rings (SSSR count). The quantitative estimate of drug-likeness (QED) is 0.608. The fourth-order valence-electron chi connectivity index (χ4n) is 1.34. The van der Waals surface area contributed by atoms with E-state index in [0.29, 0.717) is 0 Å². The van der Waals surface area contributed by atoms with E-state index in [-0.39, 0.29) is 18.5 Å². The molecule has 1 heterocycles. The summed E-state index contributed by atoms with van der Waals surface area (Å²) in [6, 6.07) is -0.0802. The highest BCUT2D eigenvalue weighted by Gasteiger charge is 2.24. The van der Waals surface area contributed by atoms with Crippen molar-refractivity contribution in [3.63, 3.8) is 0 Å². The Bertz CT molecular complexity index is 176. The number of rotatable bonds is 3. The number of hydrogen-bond donors (Lipinski definition) is 1. The molecule has 0 aromatic carbocycles. The second-order valence-electron chi connectivity index (χ2n) is 2.99. The van der Waals surface area contributed by atoms with Gasteiger partial charge >= 0.3 is 0 Å². The molecule has 1 atom stereocenters. The van der Waals surface area contributed by atoms with E-state index in [2.05, 4.69) is 5.32 Å². The first-order chi connectivity index (χ1) is 5.75. The van der Waals surface area contributed by atoms with Crippen LogP contribution in [0, 0.1) is 0 Å². The summed E-state index contributed by atoms with van der Waals surface area (Å²) in [7, 11) is 1.62. The molecule has 1 amide bonds. The Morgan fingerprint density at radius 3 is 3.00 bits per heavy atom. The Morgan fingerprint density at radius 1 is 1.75 bits per heavy atom.